The van der Waals surface area contributed by atoms with E-state index in [2.05, 4.69) is 11.4 Å². The lowest BCUT2D eigenvalue weighted by atomic mass is 10.0. The van der Waals surface area contributed by atoms with E-state index in [0.717, 1.165) is 0 Å². The molecule has 6 heteroatoms. The molecule has 1 aliphatic rings. The van der Waals surface area contributed by atoms with Gasteiger partial charge < -0.3 is 14.6 Å². The van der Waals surface area contributed by atoms with E-state index >= 15 is 0 Å². The molecule has 0 spiro atoms. The van der Waals surface area contributed by atoms with E-state index in [1.54, 1.807) is 12.1 Å². The van der Waals surface area contributed by atoms with Gasteiger partial charge in [0.1, 0.15) is 11.9 Å². The van der Waals surface area contributed by atoms with Gasteiger partial charge in [0.15, 0.2) is 0 Å². The average Bonchev–Trinajstić information content (AvgIpc) is 2.78. The molecule has 2 rings (SSSR count). The number of aliphatic hydroxyl groups excluding tert-OH is 1. The molecule has 96 valence electrons. The van der Waals surface area contributed by atoms with Crippen LogP contribution in [0.4, 0.5) is 0 Å². The van der Waals surface area contributed by atoms with Gasteiger partial charge in [-0.25, -0.2) is 0 Å². The largest absolute Gasteiger partial charge is 0.492 e. The number of hydrogen-bond donors (Lipinski definition) is 2. The number of nitrogens with one attached hydrogen (secondary N) is 1. The summed E-state index contributed by atoms with van der Waals surface area (Å²) in [6.45, 7) is 2.67. The Morgan fingerprint density at radius 3 is 3.00 bits per heavy atom. The van der Waals surface area contributed by atoms with E-state index in [9.17, 15) is 5.11 Å². The van der Waals surface area contributed by atoms with E-state index in [4.69, 9.17) is 26.3 Å². The first kappa shape index (κ1) is 13.1. The minimum atomic E-state index is -1.03. The minimum Gasteiger partial charge on any atom is -0.492 e. The molecule has 1 fully saturated rings. The fourth-order valence-electron chi connectivity index (χ4n) is 1.91. The molecule has 0 radical (unpaired) electrons. The van der Waals surface area contributed by atoms with E-state index in [-0.39, 0.29) is 0 Å². The van der Waals surface area contributed by atoms with Crippen LogP contribution >= 0.6 is 11.6 Å². The first-order valence-electron chi connectivity index (χ1n) is 5.59. The minimum absolute atomic E-state index is 0.399. The molecule has 18 heavy (non-hydrogen) atoms. The molecule has 2 atom stereocenters. The Bertz CT molecular complexity index is 487. The Morgan fingerprint density at radius 1 is 1.67 bits per heavy atom. The van der Waals surface area contributed by atoms with Crippen molar-refractivity contribution in [1.29, 1.82) is 5.26 Å². The van der Waals surface area contributed by atoms with Gasteiger partial charge in [0.05, 0.1) is 23.3 Å². The molecule has 0 bridgehead atoms. The molecular formula is C12H13ClN2O3. The number of hydrogen-bond acceptors (Lipinski definition) is 5. The van der Waals surface area contributed by atoms with E-state index in [1.807, 2.05) is 6.92 Å². The Labute approximate surface area is 110 Å². The zero-order valence-corrected chi connectivity index (χ0v) is 10.6. The summed E-state index contributed by atoms with van der Waals surface area (Å²) < 4.78 is 10.8. The quantitative estimate of drug-likeness (QED) is 0.870. The molecule has 5 nitrogen and oxygen atoms in total. The van der Waals surface area contributed by atoms with Gasteiger partial charge in [-0.3, -0.25) is 5.32 Å². The predicted molar refractivity (Wildman–Crippen MR) is 65.2 cm³/mol. The second-order valence-electron chi connectivity index (χ2n) is 3.77. The SMILES string of the molecule is CCOc1c(Cl)ccc(C#N)c1C1CNC(O)O1. The lowest BCUT2D eigenvalue weighted by Crippen LogP contribution is -2.20. The summed E-state index contributed by atoms with van der Waals surface area (Å²) in [5.74, 6) is 0.444. The van der Waals surface area contributed by atoms with Gasteiger partial charge in [-0.2, -0.15) is 5.26 Å². The standard InChI is InChI=1S/C12H13ClN2O3/c1-2-17-11-8(13)4-3-7(5-14)10(11)9-6-15-12(16)18-9/h3-4,9,12,15-16H,2,6H2,1H3. The van der Waals surface area contributed by atoms with Gasteiger partial charge in [-0.1, -0.05) is 11.6 Å². The normalized spacial score (nSPS) is 22.8. The maximum atomic E-state index is 9.32. The highest BCUT2D eigenvalue weighted by Gasteiger charge is 2.30. The average molecular weight is 269 g/mol. The molecule has 1 aromatic rings. The van der Waals surface area contributed by atoms with Crippen LogP contribution < -0.4 is 10.1 Å². The molecule has 0 aromatic heterocycles. The smallest absolute Gasteiger partial charge is 0.214 e. The third-order valence-corrected chi connectivity index (χ3v) is 2.95. The first-order valence-corrected chi connectivity index (χ1v) is 5.97. The molecule has 2 unspecified atom stereocenters. The number of halogens is 1. The number of nitrogens with zero attached hydrogens (tertiary/aromatic N) is 1. The summed E-state index contributed by atoms with van der Waals surface area (Å²) in [5.41, 5.74) is 1.01. The number of aliphatic hydroxyl groups is 1. The van der Waals surface area contributed by atoms with Crippen molar-refractivity contribution in [3.05, 3.63) is 28.3 Å². The van der Waals surface area contributed by atoms with Crippen molar-refractivity contribution in [3.8, 4) is 11.8 Å². The summed E-state index contributed by atoms with van der Waals surface area (Å²) in [4.78, 5) is 0. The molecular weight excluding hydrogens is 256 g/mol. The van der Waals surface area contributed by atoms with Crippen LogP contribution in [0.5, 0.6) is 5.75 Å². The molecule has 1 saturated heterocycles. The van der Waals surface area contributed by atoms with Crippen LogP contribution in [-0.2, 0) is 4.74 Å². The number of nitriles is 1. The van der Waals surface area contributed by atoms with Crippen LogP contribution in [0.2, 0.25) is 5.02 Å². The van der Waals surface area contributed by atoms with E-state index in [1.165, 1.54) is 0 Å². The Hall–Kier alpha value is -1.32. The third kappa shape index (κ3) is 2.42. The van der Waals surface area contributed by atoms with Crippen molar-refractivity contribution >= 4 is 11.6 Å². The first-order chi connectivity index (χ1) is 8.67. The molecule has 2 N–H and O–H groups in total. The molecule has 1 aromatic carbocycles. The number of benzene rings is 1. The fraction of sp³-hybridized carbons (Fsp3) is 0.417. The van der Waals surface area contributed by atoms with Crippen LogP contribution in [0.3, 0.4) is 0 Å². The second-order valence-corrected chi connectivity index (χ2v) is 4.18. The van der Waals surface area contributed by atoms with Gasteiger partial charge in [0.2, 0.25) is 6.41 Å². The lowest BCUT2D eigenvalue weighted by molar-refractivity contribution is -0.101. The van der Waals surface area contributed by atoms with Crippen molar-refractivity contribution in [1.82, 2.24) is 5.32 Å². The Balaban J connectivity index is 2.48. The zero-order chi connectivity index (χ0) is 13.1. The summed E-state index contributed by atoms with van der Waals surface area (Å²) in [6.07, 6.45) is -1.48. The highest BCUT2D eigenvalue weighted by atomic mass is 35.5. The van der Waals surface area contributed by atoms with Crippen molar-refractivity contribution < 1.29 is 14.6 Å². The zero-order valence-electron chi connectivity index (χ0n) is 9.81. The number of rotatable bonds is 3. The molecule has 0 amide bonds. The van der Waals surface area contributed by atoms with Gasteiger partial charge >= 0.3 is 0 Å². The van der Waals surface area contributed by atoms with Crippen LogP contribution in [0.15, 0.2) is 12.1 Å². The molecule has 0 saturated carbocycles. The van der Waals surface area contributed by atoms with Crippen molar-refractivity contribution in [2.75, 3.05) is 13.2 Å². The predicted octanol–water partition coefficient (Wildman–Crippen LogP) is 1.55. The second kappa shape index (κ2) is 5.55. The maximum absolute atomic E-state index is 9.32. The third-order valence-electron chi connectivity index (χ3n) is 2.65. The molecule has 1 aliphatic heterocycles. The van der Waals surface area contributed by atoms with Crippen molar-refractivity contribution in [2.24, 2.45) is 0 Å². The highest BCUT2D eigenvalue weighted by Crippen LogP contribution is 2.38. The van der Waals surface area contributed by atoms with Crippen molar-refractivity contribution in [3.63, 3.8) is 0 Å². The van der Waals surface area contributed by atoms with Gasteiger partial charge in [0.25, 0.3) is 0 Å². The Morgan fingerprint density at radius 2 is 2.44 bits per heavy atom. The summed E-state index contributed by atoms with van der Waals surface area (Å²) >= 11 is 6.08. The molecule has 0 aliphatic carbocycles. The summed E-state index contributed by atoms with van der Waals surface area (Å²) in [6, 6.07) is 5.32. The fourth-order valence-corrected chi connectivity index (χ4v) is 2.13. The summed E-state index contributed by atoms with van der Waals surface area (Å²) in [7, 11) is 0. The van der Waals surface area contributed by atoms with Gasteiger partial charge in [0, 0.05) is 12.1 Å². The van der Waals surface area contributed by atoms with Crippen LogP contribution in [0.25, 0.3) is 0 Å². The summed E-state index contributed by atoms with van der Waals surface area (Å²) in [5, 5.41) is 21.6. The topological polar surface area (TPSA) is 74.5 Å². The van der Waals surface area contributed by atoms with Crippen LogP contribution in [0, 0.1) is 11.3 Å². The van der Waals surface area contributed by atoms with E-state index < -0.39 is 12.5 Å². The highest BCUT2D eigenvalue weighted by molar-refractivity contribution is 6.32. The monoisotopic (exact) mass is 268 g/mol. The van der Waals surface area contributed by atoms with Gasteiger partial charge in [-0.05, 0) is 19.1 Å². The Kier molecular flexibility index (Phi) is 4.04. The lowest BCUT2D eigenvalue weighted by Gasteiger charge is -2.17. The van der Waals surface area contributed by atoms with E-state index in [0.29, 0.717) is 35.1 Å². The number of ether oxygens (including phenoxy) is 2. The maximum Gasteiger partial charge on any atom is 0.214 e. The van der Waals surface area contributed by atoms with Gasteiger partial charge in [-0.15, -0.1) is 0 Å². The molecule has 1 heterocycles. The van der Waals surface area contributed by atoms with Crippen molar-refractivity contribution in [2.45, 2.75) is 19.4 Å². The van der Waals surface area contributed by atoms with Crippen LogP contribution in [0.1, 0.15) is 24.2 Å². The van der Waals surface area contributed by atoms with Crippen LogP contribution in [-0.4, -0.2) is 24.7 Å².